The molecule has 0 spiro atoms. The number of hydrogen-bond donors (Lipinski definition) is 1. The SMILES string of the molecule is CCc1ccc(C(C)NC(=O)Cc2csc(-c3cccs3)n2)cc1. The van der Waals surface area contributed by atoms with Crippen molar-refractivity contribution in [3.63, 3.8) is 0 Å². The number of thiophene rings is 1. The van der Waals surface area contributed by atoms with Crippen molar-refractivity contribution >= 4 is 28.6 Å². The van der Waals surface area contributed by atoms with Crippen molar-refractivity contribution < 1.29 is 4.79 Å². The van der Waals surface area contributed by atoms with E-state index in [-0.39, 0.29) is 11.9 Å². The Morgan fingerprint density at radius 2 is 2.00 bits per heavy atom. The highest BCUT2D eigenvalue weighted by atomic mass is 32.1. The van der Waals surface area contributed by atoms with Gasteiger partial charge in [-0.05, 0) is 35.9 Å². The number of carbonyl (C=O) groups excluding carboxylic acids is 1. The monoisotopic (exact) mass is 356 g/mol. The summed E-state index contributed by atoms with van der Waals surface area (Å²) in [6, 6.07) is 12.5. The van der Waals surface area contributed by atoms with Crippen LogP contribution in [0.4, 0.5) is 0 Å². The first-order valence-corrected chi connectivity index (χ1v) is 9.78. The molecule has 0 saturated carbocycles. The summed E-state index contributed by atoms with van der Waals surface area (Å²) in [5.41, 5.74) is 3.26. The summed E-state index contributed by atoms with van der Waals surface area (Å²) in [5, 5.41) is 8.04. The number of nitrogens with one attached hydrogen (secondary N) is 1. The molecule has 1 unspecified atom stereocenters. The quantitative estimate of drug-likeness (QED) is 0.686. The van der Waals surface area contributed by atoms with Gasteiger partial charge in [0, 0.05) is 5.38 Å². The normalized spacial score (nSPS) is 12.1. The molecular weight excluding hydrogens is 336 g/mol. The van der Waals surface area contributed by atoms with Crippen molar-refractivity contribution in [2.45, 2.75) is 32.7 Å². The highest BCUT2D eigenvalue weighted by Gasteiger charge is 2.13. The summed E-state index contributed by atoms with van der Waals surface area (Å²) in [5.74, 6) is 0.00472. The number of benzene rings is 1. The smallest absolute Gasteiger partial charge is 0.226 e. The Morgan fingerprint density at radius 1 is 1.21 bits per heavy atom. The van der Waals surface area contributed by atoms with E-state index in [2.05, 4.69) is 47.6 Å². The Bertz CT molecular complexity index is 791. The van der Waals surface area contributed by atoms with Crippen molar-refractivity contribution in [3.8, 4) is 9.88 Å². The molecule has 0 aliphatic heterocycles. The predicted molar refractivity (Wildman–Crippen MR) is 102 cm³/mol. The van der Waals surface area contributed by atoms with Crippen molar-refractivity contribution in [2.75, 3.05) is 0 Å². The molecule has 3 aromatic rings. The Kier molecular flexibility index (Phi) is 5.43. The van der Waals surface area contributed by atoms with E-state index in [1.807, 2.05) is 23.8 Å². The fraction of sp³-hybridized carbons (Fsp3) is 0.263. The van der Waals surface area contributed by atoms with Crippen LogP contribution in [-0.2, 0) is 17.6 Å². The highest BCUT2D eigenvalue weighted by Crippen LogP contribution is 2.27. The molecule has 24 heavy (non-hydrogen) atoms. The van der Waals surface area contributed by atoms with E-state index >= 15 is 0 Å². The molecule has 124 valence electrons. The molecule has 0 fully saturated rings. The number of nitrogens with zero attached hydrogens (tertiary/aromatic N) is 1. The van der Waals surface area contributed by atoms with E-state index in [9.17, 15) is 4.79 Å². The third-order valence-corrected chi connectivity index (χ3v) is 5.82. The molecule has 0 bridgehead atoms. The maximum atomic E-state index is 12.3. The minimum absolute atomic E-state index is 0.00110. The van der Waals surface area contributed by atoms with Crippen LogP contribution in [0, 0.1) is 0 Å². The fourth-order valence-corrected chi connectivity index (χ4v) is 4.12. The van der Waals surface area contributed by atoms with E-state index in [1.54, 1.807) is 22.7 Å². The number of hydrogen-bond acceptors (Lipinski definition) is 4. The van der Waals surface area contributed by atoms with Gasteiger partial charge in [-0.15, -0.1) is 22.7 Å². The van der Waals surface area contributed by atoms with E-state index in [4.69, 9.17) is 0 Å². The Hall–Kier alpha value is -1.98. The van der Waals surface area contributed by atoms with Gasteiger partial charge in [0.05, 0.1) is 23.0 Å². The zero-order valence-corrected chi connectivity index (χ0v) is 15.4. The van der Waals surface area contributed by atoms with Crippen molar-refractivity contribution in [1.29, 1.82) is 0 Å². The van der Waals surface area contributed by atoms with Crippen LogP contribution in [0.5, 0.6) is 0 Å². The van der Waals surface area contributed by atoms with Gasteiger partial charge in [-0.3, -0.25) is 4.79 Å². The van der Waals surface area contributed by atoms with Crippen LogP contribution in [0.15, 0.2) is 47.2 Å². The number of amides is 1. The second-order valence-electron chi connectivity index (χ2n) is 5.68. The first-order valence-electron chi connectivity index (χ1n) is 8.02. The van der Waals surface area contributed by atoms with Gasteiger partial charge in [-0.2, -0.15) is 0 Å². The topological polar surface area (TPSA) is 42.0 Å². The van der Waals surface area contributed by atoms with Gasteiger partial charge in [0.2, 0.25) is 5.91 Å². The third kappa shape index (κ3) is 4.10. The molecule has 0 saturated heterocycles. The minimum Gasteiger partial charge on any atom is -0.349 e. The number of thiazole rings is 1. The van der Waals surface area contributed by atoms with E-state index in [1.165, 1.54) is 5.56 Å². The molecule has 0 aliphatic carbocycles. The molecular formula is C19H20N2OS2. The molecule has 0 aliphatic rings. The van der Waals surface area contributed by atoms with Crippen LogP contribution in [0.2, 0.25) is 0 Å². The highest BCUT2D eigenvalue weighted by molar-refractivity contribution is 7.20. The molecule has 1 aromatic carbocycles. The molecule has 3 rings (SSSR count). The maximum absolute atomic E-state index is 12.3. The number of rotatable bonds is 6. The number of aryl methyl sites for hydroxylation is 1. The molecule has 5 heteroatoms. The van der Waals surface area contributed by atoms with Gasteiger partial charge in [0.25, 0.3) is 0 Å². The molecule has 1 amide bonds. The predicted octanol–water partition coefficient (Wildman–Crippen LogP) is 4.85. The zero-order chi connectivity index (χ0) is 16.9. The van der Waals surface area contributed by atoms with E-state index < -0.39 is 0 Å². The van der Waals surface area contributed by atoms with Crippen LogP contribution in [0.3, 0.4) is 0 Å². The summed E-state index contributed by atoms with van der Waals surface area (Å²) in [6.45, 7) is 4.15. The van der Waals surface area contributed by atoms with Crippen molar-refractivity contribution in [1.82, 2.24) is 10.3 Å². The van der Waals surface area contributed by atoms with Gasteiger partial charge in [0.15, 0.2) is 0 Å². The van der Waals surface area contributed by atoms with E-state index in [0.29, 0.717) is 6.42 Å². The van der Waals surface area contributed by atoms with Gasteiger partial charge in [0.1, 0.15) is 5.01 Å². The van der Waals surface area contributed by atoms with Crippen LogP contribution in [0.25, 0.3) is 9.88 Å². The van der Waals surface area contributed by atoms with Gasteiger partial charge in [-0.1, -0.05) is 37.3 Å². The largest absolute Gasteiger partial charge is 0.349 e. The summed E-state index contributed by atoms with van der Waals surface area (Å²) in [6.07, 6.45) is 1.34. The lowest BCUT2D eigenvalue weighted by Gasteiger charge is -2.14. The Balaban J connectivity index is 1.58. The van der Waals surface area contributed by atoms with Gasteiger partial charge >= 0.3 is 0 Å². The average Bonchev–Trinajstić information content (AvgIpc) is 3.26. The van der Waals surface area contributed by atoms with Crippen LogP contribution >= 0.6 is 22.7 Å². The molecule has 1 N–H and O–H groups in total. The fourth-order valence-electron chi connectivity index (χ4n) is 2.48. The Labute approximate surface area is 150 Å². The molecule has 1 atom stereocenters. The maximum Gasteiger partial charge on any atom is 0.226 e. The summed E-state index contributed by atoms with van der Waals surface area (Å²) in [4.78, 5) is 18.0. The molecule has 2 aromatic heterocycles. The number of aromatic nitrogens is 1. The van der Waals surface area contributed by atoms with Crippen LogP contribution in [0.1, 0.15) is 36.7 Å². The summed E-state index contributed by atoms with van der Waals surface area (Å²) < 4.78 is 0. The Morgan fingerprint density at radius 3 is 2.67 bits per heavy atom. The number of carbonyl (C=O) groups is 1. The zero-order valence-electron chi connectivity index (χ0n) is 13.8. The average molecular weight is 357 g/mol. The molecule has 2 heterocycles. The van der Waals surface area contributed by atoms with Crippen molar-refractivity contribution in [2.24, 2.45) is 0 Å². The van der Waals surface area contributed by atoms with Crippen LogP contribution in [-0.4, -0.2) is 10.9 Å². The second-order valence-corrected chi connectivity index (χ2v) is 7.49. The van der Waals surface area contributed by atoms with Crippen molar-refractivity contribution in [3.05, 3.63) is 64.0 Å². The third-order valence-electron chi connectivity index (χ3n) is 3.89. The van der Waals surface area contributed by atoms with Crippen LogP contribution < -0.4 is 5.32 Å². The molecule has 0 radical (unpaired) electrons. The van der Waals surface area contributed by atoms with Gasteiger partial charge in [-0.25, -0.2) is 4.98 Å². The first-order chi connectivity index (χ1) is 11.7. The minimum atomic E-state index is -0.00110. The molecule has 3 nitrogen and oxygen atoms in total. The first kappa shape index (κ1) is 16.9. The lowest BCUT2D eigenvalue weighted by Crippen LogP contribution is -2.28. The lowest BCUT2D eigenvalue weighted by atomic mass is 10.0. The standard InChI is InChI=1S/C19H20N2OS2/c1-3-14-6-8-15(9-7-14)13(2)20-18(22)11-16-12-24-19(21-16)17-5-4-10-23-17/h4-10,12-13H,3,11H2,1-2H3,(H,20,22). The summed E-state index contributed by atoms with van der Waals surface area (Å²) >= 11 is 3.25. The van der Waals surface area contributed by atoms with E-state index in [0.717, 1.165) is 27.6 Å². The van der Waals surface area contributed by atoms with Gasteiger partial charge < -0.3 is 5.32 Å². The lowest BCUT2D eigenvalue weighted by molar-refractivity contribution is -0.121. The summed E-state index contributed by atoms with van der Waals surface area (Å²) in [7, 11) is 0. The second kappa shape index (κ2) is 7.73.